The molecular weight excluding hydrogens is 425 g/mol. The molecule has 1 aromatic rings. The van der Waals surface area contributed by atoms with E-state index in [1.807, 2.05) is 0 Å². The molecule has 33 heavy (non-hydrogen) atoms. The maximum atomic E-state index is 13.8. The quantitative estimate of drug-likeness (QED) is 0.185. The van der Waals surface area contributed by atoms with E-state index in [-0.39, 0.29) is 5.92 Å². The van der Waals surface area contributed by atoms with Gasteiger partial charge in [0.2, 0.25) is 5.82 Å². The minimum Gasteiger partial charge on any atom is -0.423 e. The number of hydrogen-bond donors (Lipinski definition) is 0. The molecule has 182 valence electrons. The van der Waals surface area contributed by atoms with E-state index in [9.17, 15) is 18.0 Å². The minimum atomic E-state index is -1.61. The molecule has 4 unspecified atom stereocenters. The molecule has 1 aromatic carbocycles. The van der Waals surface area contributed by atoms with E-state index in [4.69, 9.17) is 4.74 Å². The Kier molecular flexibility index (Phi) is 8.19. The molecule has 0 saturated heterocycles. The number of halogens is 3. The highest BCUT2D eigenvalue weighted by molar-refractivity contribution is 5.75. The van der Waals surface area contributed by atoms with E-state index < -0.39 is 29.2 Å². The van der Waals surface area contributed by atoms with Crippen LogP contribution in [0.2, 0.25) is 0 Å². The lowest BCUT2D eigenvalue weighted by Gasteiger charge is -2.45. The fourth-order valence-electron chi connectivity index (χ4n) is 6.82. The lowest BCUT2D eigenvalue weighted by molar-refractivity contribution is -0.140. The van der Waals surface area contributed by atoms with Crippen LogP contribution < -0.4 is 4.74 Å². The number of hydrogen-bond acceptors (Lipinski definition) is 2. The van der Waals surface area contributed by atoms with Crippen molar-refractivity contribution in [1.82, 2.24) is 0 Å². The first kappa shape index (κ1) is 24.3. The van der Waals surface area contributed by atoms with Gasteiger partial charge in [-0.3, -0.25) is 4.79 Å². The van der Waals surface area contributed by atoms with Gasteiger partial charge < -0.3 is 4.74 Å². The lowest BCUT2D eigenvalue weighted by atomic mass is 9.60. The van der Waals surface area contributed by atoms with Crippen LogP contribution in [-0.4, -0.2) is 5.97 Å². The number of allylic oxidation sites excluding steroid dienone is 2. The highest BCUT2D eigenvalue weighted by atomic mass is 19.2. The summed E-state index contributed by atoms with van der Waals surface area (Å²) in [4.78, 5) is 12.5. The molecule has 0 aromatic heterocycles. The summed E-state index contributed by atoms with van der Waals surface area (Å²) >= 11 is 0. The normalized spacial score (nSPS) is 32.5. The van der Waals surface area contributed by atoms with Crippen LogP contribution in [0.15, 0.2) is 24.3 Å². The molecule has 2 nitrogen and oxygen atoms in total. The summed E-state index contributed by atoms with van der Waals surface area (Å²) in [6.45, 7) is 2.10. The van der Waals surface area contributed by atoms with Gasteiger partial charge in [-0.05, 0) is 119 Å². The topological polar surface area (TPSA) is 26.3 Å². The zero-order valence-corrected chi connectivity index (χ0v) is 19.7. The summed E-state index contributed by atoms with van der Waals surface area (Å²) in [5.41, 5.74) is 0. The molecular formula is C28H37F3O2. The van der Waals surface area contributed by atoms with Crippen LogP contribution in [0, 0.1) is 53.0 Å². The van der Waals surface area contributed by atoms with Crippen LogP contribution in [0.25, 0.3) is 0 Å². The van der Waals surface area contributed by atoms with Gasteiger partial charge in [0.25, 0.3) is 0 Å². The summed E-state index contributed by atoms with van der Waals surface area (Å²) in [7, 11) is 0. The third kappa shape index (κ3) is 5.84. The van der Waals surface area contributed by atoms with Gasteiger partial charge in [-0.25, -0.2) is 8.78 Å². The number of rotatable bonds is 6. The molecule has 0 heterocycles. The molecule has 5 heteroatoms. The molecule has 3 aliphatic rings. The monoisotopic (exact) mass is 462 g/mol. The smallest absolute Gasteiger partial charge is 0.314 e. The van der Waals surface area contributed by atoms with Crippen molar-refractivity contribution in [3.05, 3.63) is 41.7 Å². The predicted octanol–water partition coefficient (Wildman–Crippen LogP) is 8.00. The average Bonchev–Trinajstić information content (AvgIpc) is 2.84. The largest absolute Gasteiger partial charge is 0.423 e. The zero-order valence-electron chi connectivity index (χ0n) is 19.7. The highest BCUT2D eigenvalue weighted by Gasteiger charge is 2.39. The third-order valence-electron chi connectivity index (χ3n) is 8.72. The summed E-state index contributed by atoms with van der Waals surface area (Å²) < 4.78 is 45.4. The average molecular weight is 463 g/mol. The SMILES string of the molecule is C/C=C/CCC1CCC2CC(C3CCC(C(=O)Oc4ccc(F)c(F)c4F)CC3)CCC2C1. The van der Waals surface area contributed by atoms with Gasteiger partial charge in [-0.1, -0.05) is 18.6 Å². The van der Waals surface area contributed by atoms with Crippen molar-refractivity contribution in [2.45, 2.75) is 84.0 Å². The number of ether oxygens (including phenoxy) is 1. The van der Waals surface area contributed by atoms with E-state index in [1.54, 1.807) is 0 Å². The van der Waals surface area contributed by atoms with E-state index in [0.29, 0.717) is 5.92 Å². The second-order valence-electron chi connectivity index (χ2n) is 10.6. The molecule has 0 amide bonds. The van der Waals surface area contributed by atoms with Crippen LogP contribution in [0.3, 0.4) is 0 Å². The molecule has 0 bridgehead atoms. The maximum Gasteiger partial charge on any atom is 0.314 e. The van der Waals surface area contributed by atoms with Crippen molar-refractivity contribution in [3.63, 3.8) is 0 Å². The first-order chi connectivity index (χ1) is 16.0. The number of fused-ring (bicyclic) bond motifs is 1. The number of esters is 1. The Morgan fingerprint density at radius 2 is 1.52 bits per heavy atom. The second-order valence-corrected chi connectivity index (χ2v) is 10.6. The zero-order chi connectivity index (χ0) is 23.4. The number of carbonyl (C=O) groups excluding carboxylic acids is 1. The molecule has 0 aliphatic heterocycles. The number of carbonyl (C=O) groups is 1. The Hall–Kier alpha value is -1.78. The molecule has 3 fully saturated rings. The van der Waals surface area contributed by atoms with Gasteiger partial charge in [0.15, 0.2) is 17.4 Å². The summed E-state index contributed by atoms with van der Waals surface area (Å²) in [6.07, 6.45) is 18.6. The second kappa shape index (κ2) is 11.1. The minimum absolute atomic E-state index is 0.294. The molecule has 3 saturated carbocycles. The van der Waals surface area contributed by atoms with Crippen molar-refractivity contribution < 1.29 is 22.7 Å². The number of benzene rings is 1. The molecule has 0 radical (unpaired) electrons. The molecule has 0 N–H and O–H groups in total. The Bertz CT molecular complexity index is 844. The van der Waals surface area contributed by atoms with Crippen LogP contribution in [0.5, 0.6) is 5.75 Å². The maximum absolute atomic E-state index is 13.8. The van der Waals surface area contributed by atoms with E-state index in [0.717, 1.165) is 61.5 Å². The van der Waals surface area contributed by atoms with Crippen molar-refractivity contribution in [1.29, 1.82) is 0 Å². The van der Waals surface area contributed by atoms with Crippen LogP contribution in [-0.2, 0) is 4.79 Å². The van der Waals surface area contributed by atoms with Crippen molar-refractivity contribution in [2.24, 2.45) is 35.5 Å². The van der Waals surface area contributed by atoms with Gasteiger partial charge in [-0.15, -0.1) is 0 Å². The summed E-state index contributed by atoms with van der Waals surface area (Å²) in [6, 6.07) is 1.76. The Labute approximate surface area is 196 Å². The van der Waals surface area contributed by atoms with Crippen molar-refractivity contribution in [2.75, 3.05) is 0 Å². The Morgan fingerprint density at radius 1 is 0.879 bits per heavy atom. The van der Waals surface area contributed by atoms with Crippen LogP contribution >= 0.6 is 0 Å². The van der Waals surface area contributed by atoms with Crippen LogP contribution in [0.4, 0.5) is 13.2 Å². The van der Waals surface area contributed by atoms with Gasteiger partial charge in [-0.2, -0.15) is 4.39 Å². The summed E-state index contributed by atoms with van der Waals surface area (Å²) in [5.74, 6) is -1.59. The lowest BCUT2D eigenvalue weighted by Crippen LogP contribution is -2.35. The van der Waals surface area contributed by atoms with E-state index >= 15 is 0 Å². The van der Waals surface area contributed by atoms with Crippen molar-refractivity contribution in [3.8, 4) is 5.75 Å². The standard InChI is InChI=1S/C28H37F3O2/c1-2-3-4-5-18-6-7-23-17-22(13-12-21(23)16-18)19-8-10-20(11-9-19)28(32)33-25-15-14-24(29)26(30)27(25)31/h2-3,14-15,18-23H,4-13,16-17H2,1H3/b3-2+. The Balaban J connectivity index is 1.23. The van der Waals surface area contributed by atoms with E-state index in [2.05, 4.69) is 19.1 Å². The molecule has 3 aliphatic carbocycles. The fraction of sp³-hybridized carbons (Fsp3) is 0.679. The van der Waals surface area contributed by atoms with Crippen molar-refractivity contribution >= 4 is 5.97 Å². The predicted molar refractivity (Wildman–Crippen MR) is 123 cm³/mol. The van der Waals surface area contributed by atoms with E-state index in [1.165, 1.54) is 51.4 Å². The fourth-order valence-corrected chi connectivity index (χ4v) is 6.82. The van der Waals surface area contributed by atoms with Gasteiger partial charge in [0.1, 0.15) is 0 Å². The summed E-state index contributed by atoms with van der Waals surface area (Å²) in [5, 5.41) is 0. The molecule has 0 spiro atoms. The molecule has 4 atom stereocenters. The highest BCUT2D eigenvalue weighted by Crippen LogP contribution is 2.49. The van der Waals surface area contributed by atoms with Gasteiger partial charge in [0, 0.05) is 0 Å². The Morgan fingerprint density at radius 3 is 2.24 bits per heavy atom. The first-order valence-electron chi connectivity index (χ1n) is 12.9. The third-order valence-corrected chi connectivity index (χ3v) is 8.72. The molecule has 4 rings (SSSR count). The van der Waals surface area contributed by atoms with Crippen LogP contribution in [0.1, 0.15) is 84.0 Å². The first-order valence-corrected chi connectivity index (χ1v) is 12.9. The van der Waals surface area contributed by atoms with Gasteiger partial charge >= 0.3 is 5.97 Å². The van der Waals surface area contributed by atoms with Gasteiger partial charge in [0.05, 0.1) is 5.92 Å².